The summed E-state index contributed by atoms with van der Waals surface area (Å²) in [4.78, 5) is 53.6. The Hall–Kier alpha value is -3.96. The summed E-state index contributed by atoms with van der Waals surface area (Å²) in [6.07, 6.45) is -4.85. The van der Waals surface area contributed by atoms with Gasteiger partial charge >= 0.3 is 17.8 Å². The molecule has 1 N–H and O–H groups in total. The van der Waals surface area contributed by atoms with E-state index in [1.54, 1.807) is 31.2 Å². The van der Waals surface area contributed by atoms with Gasteiger partial charge in [0.05, 0.1) is 23.0 Å². The number of carbonyl (C=O) groups is 2. The molecular weight excluding hydrogens is 484 g/mol. The molecule has 1 atom stereocenters. The van der Waals surface area contributed by atoms with Gasteiger partial charge in [0, 0.05) is 25.7 Å². The fourth-order valence-electron chi connectivity index (χ4n) is 4.41. The first kappa shape index (κ1) is 25.1. The summed E-state index contributed by atoms with van der Waals surface area (Å²) < 4.78 is 54.7. The lowest BCUT2D eigenvalue weighted by atomic mass is 10.1. The molecule has 0 radical (unpaired) electrons. The third-order valence-electron chi connectivity index (χ3n) is 6.25. The minimum absolute atomic E-state index is 0.0673. The first-order valence-electron chi connectivity index (χ1n) is 11.2. The van der Waals surface area contributed by atoms with Gasteiger partial charge in [-0.1, -0.05) is 25.1 Å². The molecule has 0 spiro atoms. The van der Waals surface area contributed by atoms with Crippen LogP contribution >= 0.6 is 0 Å². The highest BCUT2D eigenvalue weighted by molar-refractivity contribution is 5.95. The van der Waals surface area contributed by atoms with E-state index >= 15 is 0 Å². The monoisotopic (exact) mass is 506 g/mol. The predicted molar refractivity (Wildman–Crippen MR) is 122 cm³/mol. The molecule has 0 unspecified atom stereocenters. The van der Waals surface area contributed by atoms with Crippen molar-refractivity contribution in [2.75, 3.05) is 19.6 Å². The van der Waals surface area contributed by atoms with Crippen molar-refractivity contribution in [3.05, 3.63) is 80.2 Å². The van der Waals surface area contributed by atoms with Crippen LogP contribution in [-0.4, -0.2) is 63.0 Å². The number of alkyl halides is 3. The van der Waals surface area contributed by atoms with Crippen LogP contribution in [-0.2, 0) is 11.3 Å². The van der Waals surface area contributed by atoms with E-state index in [9.17, 15) is 36.7 Å². The maximum Gasteiger partial charge on any atom is 0.471 e. The molecule has 36 heavy (non-hydrogen) atoms. The van der Waals surface area contributed by atoms with E-state index in [1.165, 1.54) is 21.6 Å². The number of halogens is 4. The molecule has 1 aliphatic heterocycles. The zero-order chi connectivity index (χ0) is 26.2. The number of hydrogen-bond donors (Lipinski definition) is 1. The lowest BCUT2D eigenvalue weighted by Gasteiger charge is -2.41. The highest BCUT2D eigenvalue weighted by Crippen LogP contribution is 2.25. The van der Waals surface area contributed by atoms with Gasteiger partial charge in [-0.3, -0.25) is 23.9 Å². The van der Waals surface area contributed by atoms with Crippen molar-refractivity contribution in [2.45, 2.75) is 32.1 Å². The first-order chi connectivity index (χ1) is 17.0. The summed E-state index contributed by atoms with van der Waals surface area (Å²) in [5, 5.41) is 0.285. The van der Waals surface area contributed by atoms with Gasteiger partial charge in [-0.05, 0) is 36.2 Å². The number of rotatable bonds is 4. The Morgan fingerprint density at radius 1 is 1.08 bits per heavy atom. The zero-order valence-electron chi connectivity index (χ0n) is 19.1. The molecule has 12 heteroatoms. The van der Waals surface area contributed by atoms with Crippen molar-refractivity contribution in [1.82, 2.24) is 19.4 Å². The molecule has 8 nitrogen and oxygen atoms in total. The number of para-hydroxylation sites is 1. The quantitative estimate of drug-likeness (QED) is 0.551. The van der Waals surface area contributed by atoms with E-state index in [1.807, 2.05) is 0 Å². The molecule has 2 amide bonds. The standard InChI is InChI=1S/C24H22F4N4O4/c1-2-15-13-30(9-10-31(15)22(35)24(26,27)28)21(34)17-11-14(7-8-18(17)25)12-32-19-6-4-3-5-16(19)20(33)29-23(32)36/h3-8,11,15H,2,9-10,12-13H2,1H3,(H,29,33,36)/t15-/m0/s1. The Morgan fingerprint density at radius 3 is 2.50 bits per heavy atom. The third kappa shape index (κ3) is 4.75. The molecule has 4 rings (SSSR count). The fourth-order valence-corrected chi connectivity index (χ4v) is 4.41. The summed E-state index contributed by atoms with van der Waals surface area (Å²) in [6, 6.07) is 9.32. The average Bonchev–Trinajstić information content (AvgIpc) is 2.85. The Kier molecular flexibility index (Phi) is 6.70. The van der Waals surface area contributed by atoms with Crippen LogP contribution in [0.15, 0.2) is 52.1 Å². The Morgan fingerprint density at radius 2 is 1.81 bits per heavy atom. The molecular formula is C24H22F4N4O4. The number of piperazine rings is 1. The molecule has 1 fully saturated rings. The van der Waals surface area contributed by atoms with E-state index in [4.69, 9.17) is 0 Å². The second kappa shape index (κ2) is 9.59. The highest BCUT2D eigenvalue weighted by Gasteiger charge is 2.46. The fraction of sp³-hybridized carbons (Fsp3) is 0.333. The molecule has 3 aromatic rings. The number of nitrogens with zero attached hydrogens (tertiary/aromatic N) is 3. The van der Waals surface area contributed by atoms with Crippen LogP contribution in [0.1, 0.15) is 29.3 Å². The number of nitrogens with one attached hydrogen (secondary N) is 1. The SMILES string of the molecule is CC[C@H]1CN(C(=O)c2cc(Cn3c(=O)[nH]c(=O)c4ccccc43)ccc2F)CCN1C(=O)C(F)(F)F. The minimum atomic E-state index is -5.02. The normalized spacial score (nSPS) is 16.4. The molecule has 2 aromatic carbocycles. The Bertz CT molecular complexity index is 1450. The molecule has 0 bridgehead atoms. The smallest absolute Gasteiger partial charge is 0.335 e. The topological polar surface area (TPSA) is 95.5 Å². The number of aromatic nitrogens is 2. The van der Waals surface area contributed by atoms with Gasteiger partial charge in [-0.15, -0.1) is 0 Å². The van der Waals surface area contributed by atoms with Crippen LogP contribution in [0.5, 0.6) is 0 Å². The van der Waals surface area contributed by atoms with Gasteiger partial charge in [0.2, 0.25) is 0 Å². The number of aromatic amines is 1. The number of benzene rings is 2. The maximum absolute atomic E-state index is 14.7. The van der Waals surface area contributed by atoms with Crippen LogP contribution in [0.4, 0.5) is 17.6 Å². The van der Waals surface area contributed by atoms with Crippen molar-refractivity contribution < 1.29 is 27.2 Å². The molecule has 1 aliphatic rings. The first-order valence-corrected chi connectivity index (χ1v) is 11.2. The molecule has 190 valence electrons. The highest BCUT2D eigenvalue weighted by atomic mass is 19.4. The second-order valence-electron chi connectivity index (χ2n) is 8.49. The number of carbonyl (C=O) groups excluding carboxylic acids is 2. The Labute approximate surface area is 201 Å². The van der Waals surface area contributed by atoms with Gasteiger partial charge in [0.15, 0.2) is 0 Å². The summed E-state index contributed by atoms with van der Waals surface area (Å²) in [5.74, 6) is -3.52. The van der Waals surface area contributed by atoms with E-state index in [2.05, 4.69) is 4.98 Å². The number of H-pyrrole nitrogens is 1. The van der Waals surface area contributed by atoms with E-state index < -0.39 is 41.1 Å². The largest absolute Gasteiger partial charge is 0.471 e. The lowest BCUT2D eigenvalue weighted by Crippen LogP contribution is -2.59. The van der Waals surface area contributed by atoms with Crippen molar-refractivity contribution in [3.8, 4) is 0 Å². The van der Waals surface area contributed by atoms with Crippen LogP contribution in [0.25, 0.3) is 10.9 Å². The molecule has 2 heterocycles. The summed E-state index contributed by atoms with van der Waals surface area (Å²) >= 11 is 0. The van der Waals surface area contributed by atoms with Crippen LogP contribution in [0, 0.1) is 5.82 Å². The second-order valence-corrected chi connectivity index (χ2v) is 8.49. The van der Waals surface area contributed by atoms with Crippen molar-refractivity contribution in [3.63, 3.8) is 0 Å². The van der Waals surface area contributed by atoms with Crippen molar-refractivity contribution >= 4 is 22.7 Å². The molecule has 1 aromatic heterocycles. The number of hydrogen-bond acceptors (Lipinski definition) is 4. The van der Waals surface area contributed by atoms with E-state index in [0.717, 1.165) is 6.07 Å². The predicted octanol–water partition coefficient (Wildman–Crippen LogP) is 2.50. The average molecular weight is 506 g/mol. The van der Waals surface area contributed by atoms with Gasteiger partial charge in [0.1, 0.15) is 5.82 Å². The Balaban J connectivity index is 1.60. The van der Waals surface area contributed by atoms with Crippen LogP contribution in [0.2, 0.25) is 0 Å². The number of fused-ring (bicyclic) bond motifs is 1. The third-order valence-corrected chi connectivity index (χ3v) is 6.25. The summed E-state index contributed by atoms with van der Waals surface area (Å²) in [7, 11) is 0. The van der Waals surface area contributed by atoms with Gasteiger partial charge < -0.3 is 9.80 Å². The lowest BCUT2D eigenvalue weighted by molar-refractivity contribution is -0.189. The zero-order valence-corrected chi connectivity index (χ0v) is 19.1. The van der Waals surface area contributed by atoms with Crippen LogP contribution < -0.4 is 11.2 Å². The summed E-state index contributed by atoms with van der Waals surface area (Å²) in [5.41, 5.74) is -0.765. The van der Waals surface area contributed by atoms with Gasteiger partial charge in [-0.25, -0.2) is 9.18 Å². The minimum Gasteiger partial charge on any atom is -0.335 e. The number of amides is 2. The van der Waals surface area contributed by atoms with Crippen molar-refractivity contribution in [1.29, 1.82) is 0 Å². The molecule has 1 saturated heterocycles. The van der Waals surface area contributed by atoms with E-state index in [-0.39, 0.29) is 43.5 Å². The summed E-state index contributed by atoms with van der Waals surface area (Å²) in [6.45, 7) is 0.837. The van der Waals surface area contributed by atoms with Gasteiger partial charge in [-0.2, -0.15) is 13.2 Å². The van der Waals surface area contributed by atoms with Crippen molar-refractivity contribution in [2.24, 2.45) is 0 Å². The van der Waals surface area contributed by atoms with Gasteiger partial charge in [0.25, 0.3) is 11.5 Å². The molecule has 0 saturated carbocycles. The van der Waals surface area contributed by atoms with Crippen LogP contribution in [0.3, 0.4) is 0 Å². The maximum atomic E-state index is 14.7. The van der Waals surface area contributed by atoms with E-state index in [0.29, 0.717) is 16.0 Å². The molecule has 0 aliphatic carbocycles.